The van der Waals surface area contributed by atoms with Crippen LogP contribution in [0.25, 0.3) is 0 Å². The second-order valence-electron chi connectivity index (χ2n) is 3.00. The second kappa shape index (κ2) is 6.09. The molecule has 7 nitrogen and oxygen atoms in total. The topological polar surface area (TPSA) is 98.9 Å². The Bertz CT molecular complexity index is 594. The van der Waals surface area contributed by atoms with Crippen LogP contribution in [0.3, 0.4) is 0 Å². The molecule has 1 aromatic carbocycles. The Labute approximate surface area is 115 Å². The van der Waals surface area contributed by atoms with Crippen LogP contribution in [0.5, 0.6) is 0 Å². The lowest BCUT2D eigenvalue weighted by Crippen LogP contribution is -2.02. The number of carbonyl (C=O) groups is 1. The molecular formula is C9H9IN2O5S. The molecule has 0 bridgehead atoms. The lowest BCUT2D eigenvalue weighted by atomic mass is 10.3. The van der Waals surface area contributed by atoms with Gasteiger partial charge in [0.1, 0.15) is 6.90 Å². The molecule has 0 heterocycles. The lowest BCUT2D eigenvalue weighted by molar-refractivity contribution is -0.385. The summed E-state index contributed by atoms with van der Waals surface area (Å²) in [4.78, 5) is 21.2. The summed E-state index contributed by atoms with van der Waals surface area (Å²) >= 11 is 1.47. The highest BCUT2D eigenvalue weighted by Crippen LogP contribution is 2.24. The molecule has 0 fully saturated rings. The minimum Gasteiger partial charge on any atom is -0.448 e. The number of halogens is 1. The van der Waals surface area contributed by atoms with Gasteiger partial charge in [-0.2, -0.15) is 0 Å². The van der Waals surface area contributed by atoms with Gasteiger partial charge < -0.3 is 4.74 Å². The van der Waals surface area contributed by atoms with Crippen LogP contribution >= 0.6 is 21.2 Å². The van der Waals surface area contributed by atoms with Gasteiger partial charge in [-0.3, -0.25) is 10.1 Å². The van der Waals surface area contributed by atoms with Crippen LogP contribution in [0.1, 0.15) is 6.92 Å². The SMILES string of the molecule is CCOC(=O)N=S(=O)(I)c1cccc([N+](=O)[O-])c1. The number of amides is 1. The number of benzene rings is 1. The van der Waals surface area contributed by atoms with E-state index in [2.05, 4.69) is 9.10 Å². The summed E-state index contributed by atoms with van der Waals surface area (Å²) in [6.45, 7) is -1.36. The molecule has 1 amide bonds. The molecule has 1 unspecified atom stereocenters. The maximum absolute atomic E-state index is 12.1. The Kier molecular flexibility index (Phi) is 5.02. The van der Waals surface area contributed by atoms with Crippen LogP contribution in [-0.2, 0) is 11.6 Å². The average molecular weight is 384 g/mol. The summed E-state index contributed by atoms with van der Waals surface area (Å²) in [6, 6.07) is 5.18. The van der Waals surface area contributed by atoms with Gasteiger partial charge in [-0.15, -0.1) is 4.36 Å². The normalized spacial score (nSPS) is 13.4. The zero-order chi connectivity index (χ0) is 13.8. The van der Waals surface area contributed by atoms with Crippen molar-refractivity contribution in [2.75, 3.05) is 6.61 Å². The molecule has 0 saturated heterocycles. The van der Waals surface area contributed by atoms with Gasteiger partial charge in [-0.25, -0.2) is 9.00 Å². The maximum atomic E-state index is 12.1. The van der Waals surface area contributed by atoms with Crippen LogP contribution in [0.2, 0.25) is 0 Å². The zero-order valence-electron chi connectivity index (χ0n) is 9.24. The van der Waals surface area contributed by atoms with Gasteiger partial charge in [0, 0.05) is 12.1 Å². The fourth-order valence-electron chi connectivity index (χ4n) is 1.05. The molecule has 0 N–H and O–H groups in total. The summed E-state index contributed by atoms with van der Waals surface area (Å²) in [5, 5.41) is 10.6. The molecule has 0 saturated carbocycles. The predicted molar refractivity (Wildman–Crippen MR) is 73.0 cm³/mol. The van der Waals surface area contributed by atoms with Gasteiger partial charge in [-0.1, -0.05) is 6.07 Å². The molecule has 0 spiro atoms. The Morgan fingerprint density at radius 3 is 2.83 bits per heavy atom. The number of hydrogen-bond donors (Lipinski definition) is 0. The largest absolute Gasteiger partial charge is 0.448 e. The summed E-state index contributed by atoms with van der Waals surface area (Å²) in [5.74, 6) is 0. The van der Waals surface area contributed by atoms with Crippen molar-refractivity contribution in [3.05, 3.63) is 34.4 Å². The van der Waals surface area contributed by atoms with Crippen LogP contribution < -0.4 is 0 Å². The van der Waals surface area contributed by atoms with E-state index < -0.39 is 17.9 Å². The van der Waals surface area contributed by atoms with Crippen molar-refractivity contribution in [3.8, 4) is 0 Å². The van der Waals surface area contributed by atoms with Gasteiger partial charge in [0.2, 0.25) is 0 Å². The number of nitro benzene ring substituents is 1. The van der Waals surface area contributed by atoms with Gasteiger partial charge in [0.25, 0.3) is 5.69 Å². The van der Waals surface area contributed by atoms with E-state index in [4.69, 9.17) is 0 Å². The van der Waals surface area contributed by atoms with Crippen LogP contribution in [-0.4, -0.2) is 21.8 Å². The van der Waals surface area contributed by atoms with Crippen LogP contribution in [0.4, 0.5) is 10.5 Å². The van der Waals surface area contributed by atoms with Crippen molar-refractivity contribution in [2.45, 2.75) is 11.8 Å². The molecule has 1 aromatic rings. The average Bonchev–Trinajstić information content (AvgIpc) is 2.28. The number of carbonyl (C=O) groups excluding carboxylic acids is 1. The smallest absolute Gasteiger partial charge is 0.442 e. The van der Waals surface area contributed by atoms with Gasteiger partial charge in [-0.05, 0) is 13.0 Å². The minimum atomic E-state index is -3.07. The van der Waals surface area contributed by atoms with E-state index >= 15 is 0 Å². The van der Waals surface area contributed by atoms with Crippen molar-refractivity contribution < 1.29 is 18.7 Å². The van der Waals surface area contributed by atoms with Gasteiger partial charge in [0.15, 0.2) is 0 Å². The third-order valence-corrected chi connectivity index (χ3v) is 5.11. The van der Waals surface area contributed by atoms with E-state index in [9.17, 15) is 19.1 Å². The fraction of sp³-hybridized carbons (Fsp3) is 0.222. The number of nitro groups is 1. The molecule has 18 heavy (non-hydrogen) atoms. The van der Waals surface area contributed by atoms with E-state index in [1.165, 1.54) is 39.4 Å². The third kappa shape index (κ3) is 3.91. The number of ether oxygens (including phenoxy) is 1. The second-order valence-corrected chi connectivity index (χ2v) is 8.16. The van der Waals surface area contributed by atoms with E-state index in [0.717, 1.165) is 6.07 Å². The maximum Gasteiger partial charge on any atom is 0.442 e. The van der Waals surface area contributed by atoms with Gasteiger partial charge in [0.05, 0.1) is 37.6 Å². The number of non-ortho nitro benzene ring substituents is 1. The predicted octanol–water partition coefficient (Wildman–Crippen LogP) is 2.93. The van der Waals surface area contributed by atoms with Crippen molar-refractivity contribution >= 4 is 39.9 Å². The first kappa shape index (κ1) is 14.8. The lowest BCUT2D eigenvalue weighted by Gasteiger charge is -2.02. The Morgan fingerprint density at radius 2 is 2.28 bits per heavy atom. The standard InChI is InChI=1S/C9H9IN2O5S/c1-2-17-9(13)11-18(10,16)8-5-3-4-7(6-8)12(14)15/h3-6H,2H2,1H3. The van der Waals surface area contributed by atoms with Gasteiger partial charge >= 0.3 is 6.09 Å². The number of hydrogen-bond acceptors (Lipinski definition) is 5. The summed E-state index contributed by atoms with van der Waals surface area (Å²) < 4.78 is 20.1. The highest BCUT2D eigenvalue weighted by Gasteiger charge is 2.15. The highest BCUT2D eigenvalue weighted by atomic mass is 127. The van der Waals surface area contributed by atoms with E-state index in [-0.39, 0.29) is 17.2 Å². The molecule has 0 radical (unpaired) electrons. The van der Waals surface area contributed by atoms with E-state index in [0.29, 0.717) is 0 Å². The summed E-state index contributed by atoms with van der Waals surface area (Å²) in [6.07, 6.45) is -0.955. The first-order chi connectivity index (χ1) is 8.36. The Balaban J connectivity index is 3.20. The molecule has 9 heteroatoms. The van der Waals surface area contributed by atoms with Crippen LogP contribution in [0.15, 0.2) is 33.5 Å². The summed E-state index contributed by atoms with van der Waals surface area (Å²) in [5.41, 5.74) is -0.212. The van der Waals surface area contributed by atoms with Crippen LogP contribution in [0, 0.1) is 10.1 Å². The molecule has 0 aliphatic carbocycles. The molecule has 98 valence electrons. The monoisotopic (exact) mass is 384 g/mol. The van der Waals surface area contributed by atoms with E-state index in [1.807, 2.05) is 0 Å². The molecular weight excluding hydrogens is 375 g/mol. The summed E-state index contributed by atoms with van der Waals surface area (Å²) in [7, 11) is 0. The quantitative estimate of drug-likeness (QED) is 0.345. The van der Waals surface area contributed by atoms with Crippen molar-refractivity contribution in [1.29, 1.82) is 0 Å². The first-order valence-electron chi connectivity index (χ1n) is 4.75. The molecule has 0 aliphatic rings. The molecule has 0 aliphatic heterocycles. The Hall–Kier alpha value is -1.23. The third-order valence-electron chi connectivity index (χ3n) is 1.78. The minimum absolute atomic E-state index is 0.102. The molecule has 1 atom stereocenters. The number of nitrogens with zero attached hydrogens (tertiary/aromatic N) is 2. The molecule has 0 aromatic heterocycles. The first-order valence-corrected chi connectivity index (χ1v) is 8.80. The number of rotatable bonds is 3. The van der Waals surface area contributed by atoms with Crippen molar-refractivity contribution in [1.82, 2.24) is 0 Å². The van der Waals surface area contributed by atoms with E-state index in [1.54, 1.807) is 6.92 Å². The fourth-order valence-corrected chi connectivity index (χ4v) is 3.22. The zero-order valence-corrected chi connectivity index (χ0v) is 12.2. The van der Waals surface area contributed by atoms with Crippen molar-refractivity contribution in [3.63, 3.8) is 0 Å². The van der Waals surface area contributed by atoms with Crippen molar-refractivity contribution in [2.24, 2.45) is 4.36 Å². The Morgan fingerprint density at radius 1 is 1.61 bits per heavy atom. The highest BCUT2D eigenvalue weighted by molar-refractivity contribution is 14.2. The molecule has 1 rings (SSSR count).